The third kappa shape index (κ3) is 4.64. The van der Waals surface area contributed by atoms with Crippen LogP contribution in [0, 0.1) is 10.1 Å². The van der Waals surface area contributed by atoms with Crippen LogP contribution in [0.25, 0.3) is 0 Å². The highest BCUT2D eigenvalue weighted by molar-refractivity contribution is 7.90. The molecule has 0 radical (unpaired) electrons. The van der Waals surface area contributed by atoms with Crippen LogP contribution in [0.3, 0.4) is 0 Å². The lowest BCUT2D eigenvalue weighted by Gasteiger charge is -2.36. The summed E-state index contributed by atoms with van der Waals surface area (Å²) in [4.78, 5) is 15.0. The van der Waals surface area contributed by atoms with Crippen molar-refractivity contribution >= 4 is 21.2 Å². The molecule has 0 unspecified atom stereocenters. The van der Waals surface area contributed by atoms with E-state index in [0.717, 1.165) is 32.3 Å². The minimum absolute atomic E-state index is 0.225. The highest BCUT2D eigenvalue weighted by atomic mass is 32.2. The fraction of sp³-hybridized carbons (Fsp3) is 0.368. The van der Waals surface area contributed by atoms with Gasteiger partial charge in [-0.05, 0) is 24.1 Å². The van der Waals surface area contributed by atoms with Crippen molar-refractivity contribution in [2.75, 3.05) is 43.9 Å². The average Bonchev–Trinajstić information content (AvgIpc) is 2.66. The molecule has 1 saturated heterocycles. The molecular weight excluding hydrogens is 366 g/mol. The Morgan fingerprint density at radius 1 is 1.00 bits per heavy atom. The molecule has 1 aliphatic heterocycles. The molecule has 3 rings (SSSR count). The lowest BCUT2D eigenvalue weighted by Crippen LogP contribution is -2.47. The van der Waals surface area contributed by atoms with E-state index < -0.39 is 14.8 Å². The van der Waals surface area contributed by atoms with Crippen LogP contribution in [-0.2, 0) is 16.3 Å². The number of nitro benzene ring substituents is 1. The van der Waals surface area contributed by atoms with Gasteiger partial charge in [0.1, 0.15) is 10.6 Å². The Bertz CT molecular complexity index is 908. The third-order valence-corrected chi connectivity index (χ3v) is 5.96. The minimum Gasteiger partial charge on any atom is -0.363 e. The molecule has 2 aromatic carbocycles. The van der Waals surface area contributed by atoms with Crippen LogP contribution in [-0.4, -0.2) is 57.2 Å². The lowest BCUT2D eigenvalue weighted by molar-refractivity contribution is -0.387. The number of anilines is 1. The summed E-state index contributed by atoms with van der Waals surface area (Å²) in [5, 5.41) is 11.6. The second-order valence-corrected chi connectivity index (χ2v) is 8.70. The van der Waals surface area contributed by atoms with Crippen LogP contribution in [0.15, 0.2) is 53.4 Å². The molecule has 144 valence electrons. The van der Waals surface area contributed by atoms with Gasteiger partial charge in [-0.2, -0.15) is 0 Å². The zero-order chi connectivity index (χ0) is 19.4. The van der Waals surface area contributed by atoms with Gasteiger partial charge < -0.3 is 4.90 Å². The van der Waals surface area contributed by atoms with E-state index >= 15 is 0 Å². The first-order valence-corrected chi connectivity index (χ1v) is 10.7. The van der Waals surface area contributed by atoms with Crippen molar-refractivity contribution < 1.29 is 13.3 Å². The summed E-state index contributed by atoms with van der Waals surface area (Å²) in [5.41, 5.74) is 1.35. The topological polar surface area (TPSA) is 83.8 Å². The van der Waals surface area contributed by atoms with Crippen LogP contribution in [0.4, 0.5) is 11.4 Å². The summed E-state index contributed by atoms with van der Waals surface area (Å²) >= 11 is 0. The number of hydrogen-bond acceptors (Lipinski definition) is 6. The maximum atomic E-state index is 11.9. The van der Waals surface area contributed by atoms with Crippen LogP contribution in [0.2, 0.25) is 0 Å². The van der Waals surface area contributed by atoms with Gasteiger partial charge in [0.25, 0.3) is 0 Å². The smallest absolute Gasteiger partial charge is 0.311 e. The first-order chi connectivity index (χ1) is 12.9. The summed E-state index contributed by atoms with van der Waals surface area (Å²) in [6, 6.07) is 14.8. The van der Waals surface area contributed by atoms with Gasteiger partial charge in [-0.1, -0.05) is 36.4 Å². The van der Waals surface area contributed by atoms with Crippen molar-refractivity contribution in [2.45, 2.75) is 11.3 Å². The predicted octanol–water partition coefficient (Wildman–Crippen LogP) is 2.36. The Labute approximate surface area is 159 Å². The van der Waals surface area contributed by atoms with Crippen molar-refractivity contribution in [3.8, 4) is 0 Å². The summed E-state index contributed by atoms with van der Waals surface area (Å²) in [6.45, 7) is 3.76. The van der Waals surface area contributed by atoms with E-state index in [4.69, 9.17) is 0 Å². The first kappa shape index (κ1) is 19.3. The maximum Gasteiger partial charge on any atom is 0.311 e. The zero-order valence-corrected chi connectivity index (χ0v) is 16.1. The molecule has 7 nitrogen and oxygen atoms in total. The third-order valence-electron chi connectivity index (χ3n) is 4.83. The molecule has 0 aliphatic carbocycles. The summed E-state index contributed by atoms with van der Waals surface area (Å²) in [5.74, 6) is 0. The Kier molecular flexibility index (Phi) is 5.76. The number of rotatable bonds is 6. The normalized spacial score (nSPS) is 15.7. The number of nitrogens with zero attached hydrogens (tertiary/aromatic N) is 3. The van der Waals surface area contributed by atoms with E-state index in [0.29, 0.717) is 18.8 Å². The predicted molar refractivity (Wildman–Crippen MR) is 105 cm³/mol. The van der Waals surface area contributed by atoms with Crippen molar-refractivity contribution in [3.63, 3.8) is 0 Å². The zero-order valence-electron chi connectivity index (χ0n) is 15.2. The quantitative estimate of drug-likeness (QED) is 0.557. The fourth-order valence-corrected chi connectivity index (χ4v) is 4.25. The van der Waals surface area contributed by atoms with Crippen molar-refractivity contribution in [3.05, 3.63) is 64.2 Å². The molecule has 0 aromatic heterocycles. The second-order valence-electron chi connectivity index (χ2n) is 6.72. The summed E-state index contributed by atoms with van der Waals surface area (Å²) in [7, 11) is -3.67. The molecule has 0 atom stereocenters. The molecule has 0 spiro atoms. The molecule has 0 bridgehead atoms. The summed E-state index contributed by atoms with van der Waals surface area (Å²) < 4.78 is 23.9. The van der Waals surface area contributed by atoms with Gasteiger partial charge in [0, 0.05) is 39.0 Å². The van der Waals surface area contributed by atoms with Crippen LogP contribution in [0.1, 0.15) is 5.56 Å². The van der Waals surface area contributed by atoms with E-state index in [1.165, 1.54) is 11.6 Å². The van der Waals surface area contributed by atoms with Crippen LogP contribution >= 0.6 is 0 Å². The number of piperazine rings is 1. The van der Waals surface area contributed by atoms with E-state index in [1.807, 2.05) is 23.1 Å². The van der Waals surface area contributed by atoms with E-state index in [9.17, 15) is 18.5 Å². The molecule has 0 amide bonds. The maximum absolute atomic E-state index is 11.9. The molecule has 8 heteroatoms. The standard InChI is InChI=1S/C19H23N3O4S/c1-27(25,26)18-9-5-8-17(19(18)22(23)24)21-14-12-20(13-15-21)11-10-16-6-3-2-4-7-16/h2-9H,10-15H2,1H3. The number of para-hydroxylation sites is 1. The van der Waals surface area contributed by atoms with Crippen molar-refractivity contribution in [2.24, 2.45) is 0 Å². The van der Waals surface area contributed by atoms with Gasteiger partial charge in [0.05, 0.1) is 4.92 Å². The van der Waals surface area contributed by atoms with E-state index in [2.05, 4.69) is 17.0 Å². The molecule has 27 heavy (non-hydrogen) atoms. The Hall–Kier alpha value is -2.45. The monoisotopic (exact) mass is 389 g/mol. The molecule has 2 aromatic rings. The first-order valence-electron chi connectivity index (χ1n) is 8.85. The summed E-state index contributed by atoms with van der Waals surface area (Å²) in [6.07, 6.45) is 1.96. The van der Waals surface area contributed by atoms with Crippen LogP contribution < -0.4 is 4.90 Å². The van der Waals surface area contributed by atoms with Crippen molar-refractivity contribution in [1.29, 1.82) is 0 Å². The molecule has 1 aliphatic rings. The van der Waals surface area contributed by atoms with Crippen LogP contribution in [0.5, 0.6) is 0 Å². The highest BCUT2D eigenvalue weighted by Crippen LogP contribution is 2.35. The van der Waals surface area contributed by atoms with Gasteiger partial charge in [0.2, 0.25) is 0 Å². The van der Waals surface area contributed by atoms with Gasteiger partial charge in [0.15, 0.2) is 9.84 Å². The van der Waals surface area contributed by atoms with E-state index in [-0.39, 0.29) is 10.6 Å². The van der Waals surface area contributed by atoms with Gasteiger partial charge in [-0.25, -0.2) is 8.42 Å². The van der Waals surface area contributed by atoms with Gasteiger partial charge in [-0.15, -0.1) is 0 Å². The molecule has 0 saturated carbocycles. The Morgan fingerprint density at radius 3 is 2.26 bits per heavy atom. The number of benzene rings is 2. The fourth-order valence-electron chi connectivity index (χ4n) is 3.39. The number of nitro groups is 1. The SMILES string of the molecule is CS(=O)(=O)c1cccc(N2CCN(CCc3ccccc3)CC2)c1[N+](=O)[O-]. The number of hydrogen-bond donors (Lipinski definition) is 0. The van der Waals surface area contributed by atoms with E-state index in [1.54, 1.807) is 12.1 Å². The van der Waals surface area contributed by atoms with Gasteiger partial charge in [-0.3, -0.25) is 15.0 Å². The number of sulfone groups is 1. The van der Waals surface area contributed by atoms with Crippen molar-refractivity contribution in [1.82, 2.24) is 4.90 Å². The Morgan fingerprint density at radius 2 is 1.67 bits per heavy atom. The highest BCUT2D eigenvalue weighted by Gasteiger charge is 2.30. The second kappa shape index (κ2) is 8.06. The lowest BCUT2D eigenvalue weighted by atomic mass is 10.1. The largest absolute Gasteiger partial charge is 0.363 e. The van der Waals surface area contributed by atoms with Gasteiger partial charge >= 0.3 is 5.69 Å². The molecule has 1 heterocycles. The molecule has 1 fully saturated rings. The average molecular weight is 389 g/mol. The minimum atomic E-state index is -3.67. The molecular formula is C19H23N3O4S. The Balaban J connectivity index is 1.70. The molecule has 0 N–H and O–H groups in total.